The fourth-order valence-electron chi connectivity index (χ4n) is 9.97. The maximum Gasteiger partial charge on any atom is 0.245 e. The van der Waals surface area contributed by atoms with Crippen LogP contribution in [0.25, 0.3) is 33.5 Å². The Labute approximate surface area is 351 Å². The maximum absolute atomic E-state index is 15.6. The highest BCUT2D eigenvalue weighted by Gasteiger charge is 2.45. The van der Waals surface area contributed by atoms with Gasteiger partial charge in [0.2, 0.25) is 23.6 Å². The summed E-state index contributed by atoms with van der Waals surface area (Å²) in [6.07, 6.45) is 3.50. The third-order valence-corrected chi connectivity index (χ3v) is 13.0. The van der Waals surface area contributed by atoms with E-state index < -0.39 is 48.1 Å². The Balaban J connectivity index is 1.16. The van der Waals surface area contributed by atoms with E-state index in [-0.39, 0.29) is 87.5 Å². The van der Waals surface area contributed by atoms with Crippen LogP contribution in [0.4, 0.5) is 17.6 Å². The predicted molar refractivity (Wildman–Crippen MR) is 222 cm³/mol. The molecule has 4 aromatic rings. The molecule has 61 heavy (non-hydrogen) atoms. The smallest absolute Gasteiger partial charge is 0.245 e. The number of fused-ring (bicyclic) bond motifs is 2. The van der Waals surface area contributed by atoms with Crippen LogP contribution in [0.5, 0.6) is 0 Å². The monoisotopic (exact) mass is 849 g/mol. The summed E-state index contributed by atoms with van der Waals surface area (Å²) >= 11 is 0. The van der Waals surface area contributed by atoms with Gasteiger partial charge in [-0.05, 0) is 93.9 Å². The molecule has 6 unspecified atom stereocenters. The Hall–Kier alpha value is -5.03. The summed E-state index contributed by atoms with van der Waals surface area (Å²) in [6.45, 7) is -0.193. The van der Waals surface area contributed by atoms with Gasteiger partial charge in [-0.25, -0.2) is 22.5 Å². The maximum atomic E-state index is 15.6. The van der Waals surface area contributed by atoms with Crippen LogP contribution >= 0.6 is 0 Å². The van der Waals surface area contributed by atoms with Crippen molar-refractivity contribution in [3.05, 3.63) is 53.6 Å². The number of imidazole rings is 1. The molecule has 2 saturated carbocycles. The van der Waals surface area contributed by atoms with E-state index in [0.29, 0.717) is 39.0 Å². The number of carbonyl (C=O) groups excluding carboxylic acids is 4. The van der Waals surface area contributed by atoms with Gasteiger partial charge in [-0.3, -0.25) is 19.2 Å². The summed E-state index contributed by atoms with van der Waals surface area (Å²) in [5, 5.41) is 12.1. The van der Waals surface area contributed by atoms with Crippen molar-refractivity contribution in [3.8, 4) is 11.5 Å². The number of alkyl halides is 2. The van der Waals surface area contributed by atoms with Gasteiger partial charge in [-0.1, -0.05) is 19.3 Å². The number of H-pyrrole nitrogens is 1. The third-order valence-electron chi connectivity index (χ3n) is 13.0. The van der Waals surface area contributed by atoms with Crippen molar-refractivity contribution in [1.29, 1.82) is 0 Å². The Morgan fingerprint density at radius 3 is 1.97 bits per heavy atom. The molecule has 4 heterocycles. The lowest BCUT2D eigenvalue weighted by atomic mass is 9.83. The van der Waals surface area contributed by atoms with E-state index >= 15 is 8.78 Å². The Morgan fingerprint density at radius 2 is 1.34 bits per heavy atom. The molecule has 2 aliphatic carbocycles. The van der Waals surface area contributed by atoms with Crippen molar-refractivity contribution >= 4 is 45.6 Å². The van der Waals surface area contributed by atoms with Crippen molar-refractivity contribution in [2.24, 2.45) is 11.8 Å². The Bertz CT molecular complexity index is 2270. The zero-order chi connectivity index (χ0) is 42.9. The van der Waals surface area contributed by atoms with Crippen LogP contribution in [0.2, 0.25) is 0 Å². The highest BCUT2D eigenvalue weighted by molar-refractivity contribution is 5.93. The van der Waals surface area contributed by atoms with E-state index in [4.69, 9.17) is 4.98 Å². The molecule has 4 amide bonds. The second kappa shape index (κ2) is 18.1. The largest absolute Gasteiger partial charge is 0.352 e. The molecular formula is C44H55F4N9O4. The number of halogens is 4. The highest BCUT2D eigenvalue weighted by atomic mass is 19.1. The van der Waals surface area contributed by atoms with E-state index in [1.54, 1.807) is 35.7 Å². The lowest BCUT2D eigenvalue weighted by Crippen LogP contribution is -2.55. The number of nitrogens with zero attached hydrogens (tertiary/aromatic N) is 4. The minimum Gasteiger partial charge on any atom is -0.352 e. The number of hydrogen-bond acceptors (Lipinski definition) is 7. The first-order chi connectivity index (χ1) is 29.4. The number of likely N-dealkylation sites (N-methyl/N-ethyl adjacent to an activating group) is 2. The normalized spacial score (nSPS) is 23.2. The van der Waals surface area contributed by atoms with Crippen LogP contribution in [-0.2, 0) is 32.1 Å². The molecule has 6 atom stereocenters. The number of likely N-dealkylation sites (tertiary alicyclic amines) is 2. The van der Waals surface area contributed by atoms with E-state index in [1.807, 2.05) is 0 Å². The molecule has 5 N–H and O–H groups in total. The van der Waals surface area contributed by atoms with E-state index in [2.05, 4.69) is 26.3 Å². The summed E-state index contributed by atoms with van der Waals surface area (Å²) in [5.74, 6) is -2.22. The highest BCUT2D eigenvalue weighted by Crippen LogP contribution is 2.39. The minimum absolute atomic E-state index is 0.0166. The minimum atomic E-state index is -1.33. The van der Waals surface area contributed by atoms with Crippen molar-refractivity contribution in [2.45, 2.75) is 107 Å². The number of amides is 4. The molecule has 2 aliphatic heterocycles. The number of hydrogen-bond donors (Lipinski definition) is 5. The van der Waals surface area contributed by atoms with E-state index in [1.165, 1.54) is 29.2 Å². The van der Waals surface area contributed by atoms with Gasteiger partial charge >= 0.3 is 0 Å². The van der Waals surface area contributed by atoms with E-state index in [9.17, 15) is 28.0 Å². The molecule has 2 aromatic carbocycles. The van der Waals surface area contributed by atoms with E-state index in [0.717, 1.165) is 44.9 Å². The van der Waals surface area contributed by atoms with Crippen LogP contribution in [0, 0.1) is 23.5 Å². The standard InChI is InChI=1S/C44H55F4N9O4/c1-49-19-37(58)53-39(24-6-4-3-5-7-24)43(60)55-21-28(47)14-30(55)18-33-32-12-10-26(45)16-34(32)51-41(33)42-52-35-17-27(46)11-13-36(35)57(42)23-31-15-29(48)22-56(31)44(61)40(25-8-9-25)54-38(59)20-50-2/h10-13,16-17,24-25,28-31,39-40,49-51H,3-9,14-15,18-23H2,1-2H3,(H,53,58)(H,54,59). The lowest BCUT2D eigenvalue weighted by Gasteiger charge is -2.35. The van der Waals surface area contributed by atoms with Gasteiger partial charge in [-0.15, -0.1) is 0 Å². The molecule has 0 radical (unpaired) electrons. The van der Waals surface area contributed by atoms with Crippen molar-refractivity contribution in [2.75, 3.05) is 40.3 Å². The molecule has 328 valence electrons. The topological polar surface area (TPSA) is 156 Å². The zero-order valence-corrected chi connectivity index (χ0v) is 34.6. The molecule has 8 rings (SSSR count). The molecule has 13 nitrogen and oxygen atoms in total. The molecule has 2 saturated heterocycles. The first kappa shape index (κ1) is 42.7. The first-order valence-electron chi connectivity index (χ1n) is 21.7. The average Bonchev–Trinajstić information content (AvgIpc) is 3.60. The summed E-state index contributed by atoms with van der Waals surface area (Å²) in [5.41, 5.74) is 2.29. The van der Waals surface area contributed by atoms with Crippen molar-refractivity contribution in [1.82, 2.24) is 45.6 Å². The van der Waals surface area contributed by atoms with Crippen LogP contribution in [0.15, 0.2) is 36.4 Å². The molecule has 17 heteroatoms. The number of nitrogens with one attached hydrogen (secondary N) is 5. The molecule has 4 fully saturated rings. The van der Waals surface area contributed by atoms with Gasteiger partial charge in [0.05, 0.1) is 48.9 Å². The predicted octanol–water partition coefficient (Wildman–Crippen LogP) is 4.28. The van der Waals surface area contributed by atoms with Gasteiger partial charge in [-0.2, -0.15) is 0 Å². The van der Waals surface area contributed by atoms with Crippen LogP contribution < -0.4 is 21.3 Å². The Morgan fingerprint density at radius 1 is 0.770 bits per heavy atom. The Kier molecular flexibility index (Phi) is 12.7. The summed E-state index contributed by atoms with van der Waals surface area (Å²) in [7, 11) is 3.28. The quantitative estimate of drug-likeness (QED) is 0.112. The summed E-state index contributed by atoms with van der Waals surface area (Å²) < 4.78 is 62.6. The molecule has 0 bridgehead atoms. The van der Waals surface area contributed by atoms with Crippen molar-refractivity contribution in [3.63, 3.8) is 0 Å². The number of carbonyl (C=O) groups is 4. The number of aromatic amines is 1. The molecule has 0 spiro atoms. The fraction of sp³-hybridized carbons (Fsp3) is 0.568. The number of rotatable bonds is 15. The van der Waals surface area contributed by atoms with Crippen LogP contribution in [0.1, 0.15) is 63.4 Å². The van der Waals surface area contributed by atoms with Crippen LogP contribution in [-0.4, -0.2) is 125 Å². The van der Waals surface area contributed by atoms with Crippen molar-refractivity contribution < 1.29 is 36.7 Å². The third kappa shape index (κ3) is 9.13. The second-order valence-corrected chi connectivity index (χ2v) is 17.4. The molecule has 4 aliphatic rings. The zero-order valence-electron chi connectivity index (χ0n) is 34.6. The number of benzene rings is 2. The van der Waals surface area contributed by atoms with Gasteiger partial charge in [0.25, 0.3) is 0 Å². The van der Waals surface area contributed by atoms with Gasteiger partial charge in [0.1, 0.15) is 36.1 Å². The molecule has 2 aromatic heterocycles. The first-order valence-corrected chi connectivity index (χ1v) is 21.7. The SMILES string of the molecule is CNCC(=O)NC(C(=O)N1CC(F)CC1Cc1c(-c2nc3cc(F)ccc3n2CC2CC(F)CN2C(=O)C(NC(=O)CNC)C2CC2)[nH]c2cc(F)ccc12)C1CCCCC1. The second-order valence-electron chi connectivity index (χ2n) is 17.4. The van der Waals surface area contributed by atoms with Gasteiger partial charge in [0, 0.05) is 42.4 Å². The molecular weight excluding hydrogens is 795 g/mol. The van der Waals surface area contributed by atoms with Gasteiger partial charge < -0.3 is 40.6 Å². The van der Waals surface area contributed by atoms with Crippen LogP contribution in [0.3, 0.4) is 0 Å². The summed E-state index contributed by atoms with van der Waals surface area (Å²) in [4.78, 5) is 65.5. The number of aromatic nitrogens is 3. The fourth-order valence-corrected chi connectivity index (χ4v) is 9.97. The van der Waals surface area contributed by atoms with Gasteiger partial charge in [0.15, 0.2) is 5.82 Å². The lowest BCUT2D eigenvalue weighted by molar-refractivity contribution is -0.139. The average molecular weight is 850 g/mol. The summed E-state index contributed by atoms with van der Waals surface area (Å²) in [6, 6.07) is 5.50.